The van der Waals surface area contributed by atoms with Crippen LogP contribution in [0.5, 0.6) is 0 Å². The van der Waals surface area contributed by atoms with E-state index in [0.717, 1.165) is 10.9 Å². The second-order valence-corrected chi connectivity index (χ2v) is 11.0. The zero-order chi connectivity index (χ0) is 27.9. The molecule has 0 aliphatic heterocycles. The molecule has 0 saturated heterocycles. The van der Waals surface area contributed by atoms with Crippen molar-refractivity contribution in [1.82, 2.24) is 14.9 Å². The largest absolute Gasteiger partial charge is 0.467 e. The molecule has 1 amide bonds. The van der Waals surface area contributed by atoms with Crippen molar-refractivity contribution in [2.45, 2.75) is 39.2 Å². The van der Waals surface area contributed by atoms with Crippen molar-refractivity contribution in [3.05, 3.63) is 98.6 Å². The molecular formula is C30H28ClN3O5. The number of methoxy groups -OCH3 is 1. The van der Waals surface area contributed by atoms with E-state index in [1.165, 1.54) is 17.7 Å². The number of nitrogens with zero attached hydrogens (tertiary/aromatic N) is 1. The van der Waals surface area contributed by atoms with E-state index in [4.69, 9.17) is 16.3 Å². The molecule has 1 aliphatic carbocycles. The summed E-state index contributed by atoms with van der Waals surface area (Å²) >= 11 is 6.07. The lowest BCUT2D eigenvalue weighted by Crippen LogP contribution is -2.46. The Bertz CT molecular complexity index is 1630. The highest BCUT2D eigenvalue weighted by molar-refractivity contribution is 6.30. The van der Waals surface area contributed by atoms with Crippen LogP contribution in [0.25, 0.3) is 16.6 Å². The minimum atomic E-state index is -1.07. The minimum absolute atomic E-state index is 0.122. The first-order chi connectivity index (χ1) is 18.6. The molecule has 5 rings (SSSR count). The van der Waals surface area contributed by atoms with Crippen molar-refractivity contribution in [3.8, 4) is 5.69 Å². The number of carbonyl (C=O) groups excluding carboxylic acids is 3. The number of ether oxygens (including phenoxy) is 1. The van der Waals surface area contributed by atoms with Gasteiger partial charge in [-0.1, -0.05) is 43.6 Å². The molecule has 1 aliphatic rings. The van der Waals surface area contributed by atoms with Gasteiger partial charge in [-0.3, -0.25) is 19.0 Å². The highest BCUT2D eigenvalue weighted by Crippen LogP contribution is 2.35. The molecule has 0 saturated carbocycles. The van der Waals surface area contributed by atoms with Gasteiger partial charge in [0.15, 0.2) is 5.78 Å². The number of hydrogen-bond acceptors (Lipinski definition) is 5. The van der Waals surface area contributed by atoms with Crippen molar-refractivity contribution in [3.63, 3.8) is 0 Å². The number of ketones is 1. The van der Waals surface area contributed by atoms with Gasteiger partial charge in [-0.2, -0.15) is 0 Å². The lowest BCUT2D eigenvalue weighted by molar-refractivity contribution is -0.142. The molecule has 0 radical (unpaired) electrons. The van der Waals surface area contributed by atoms with E-state index in [1.807, 2.05) is 44.2 Å². The number of benzene rings is 2. The standard InChI is InChI=1S/C30H28ClN3O5/c1-30(2)15-25-21(26(35)16-30)14-22(28(37)34(25)20-10-8-18(31)9-11-20)27(36)33-24(29(38)39-3)13-19-12-17-6-4-5-7-23(17)32-19/h4-12,14,24,32H,13,15-16H2,1-3H3,(H,33,36)/t24-/m1/s1. The molecule has 200 valence electrons. The molecule has 8 nitrogen and oxygen atoms in total. The molecule has 0 bridgehead atoms. The van der Waals surface area contributed by atoms with Gasteiger partial charge in [-0.25, -0.2) is 4.79 Å². The van der Waals surface area contributed by atoms with Crippen LogP contribution < -0.4 is 10.9 Å². The van der Waals surface area contributed by atoms with E-state index < -0.39 is 23.5 Å². The normalized spacial score (nSPS) is 15.0. The van der Waals surface area contributed by atoms with Gasteiger partial charge in [-0.15, -0.1) is 0 Å². The monoisotopic (exact) mass is 545 g/mol. The lowest BCUT2D eigenvalue weighted by Gasteiger charge is -2.32. The number of aromatic nitrogens is 2. The first kappa shape index (κ1) is 26.4. The predicted molar refractivity (Wildman–Crippen MR) is 149 cm³/mol. The van der Waals surface area contributed by atoms with Gasteiger partial charge in [0.2, 0.25) is 0 Å². The van der Waals surface area contributed by atoms with E-state index in [9.17, 15) is 19.2 Å². The van der Waals surface area contributed by atoms with Gasteiger partial charge in [0, 0.05) is 46.0 Å². The smallest absolute Gasteiger partial charge is 0.328 e. The number of Topliss-reactive ketones (excluding diaryl/α,β-unsaturated/α-hetero) is 1. The number of pyridine rings is 1. The highest BCUT2D eigenvalue weighted by atomic mass is 35.5. The number of carbonyl (C=O) groups is 3. The second kappa shape index (κ2) is 10.2. The predicted octanol–water partition coefficient (Wildman–Crippen LogP) is 4.64. The molecule has 0 fully saturated rings. The molecule has 39 heavy (non-hydrogen) atoms. The number of esters is 1. The molecule has 0 unspecified atom stereocenters. The van der Waals surface area contributed by atoms with Crippen molar-refractivity contribution < 1.29 is 19.1 Å². The van der Waals surface area contributed by atoms with Gasteiger partial charge in [-0.05, 0) is 59.7 Å². The zero-order valence-corrected chi connectivity index (χ0v) is 22.6. The van der Waals surface area contributed by atoms with E-state index in [0.29, 0.717) is 34.1 Å². The second-order valence-electron chi connectivity index (χ2n) is 10.6. The van der Waals surface area contributed by atoms with Crippen LogP contribution in [0.3, 0.4) is 0 Å². The van der Waals surface area contributed by atoms with Gasteiger partial charge in [0.1, 0.15) is 11.6 Å². The topological polar surface area (TPSA) is 110 Å². The summed E-state index contributed by atoms with van der Waals surface area (Å²) in [5.74, 6) is -1.58. The molecule has 2 aromatic heterocycles. The quantitative estimate of drug-likeness (QED) is 0.343. The van der Waals surface area contributed by atoms with Crippen molar-refractivity contribution >= 4 is 40.2 Å². The molecule has 2 N–H and O–H groups in total. The Labute approximate surface area is 229 Å². The maximum Gasteiger partial charge on any atom is 0.328 e. The third-order valence-electron chi connectivity index (χ3n) is 7.02. The molecule has 9 heteroatoms. The van der Waals surface area contributed by atoms with Crippen LogP contribution in [0, 0.1) is 5.41 Å². The van der Waals surface area contributed by atoms with Crippen molar-refractivity contribution in [2.24, 2.45) is 5.41 Å². The number of fused-ring (bicyclic) bond motifs is 2. The number of rotatable bonds is 6. The molecule has 0 spiro atoms. The summed E-state index contributed by atoms with van der Waals surface area (Å²) in [5.41, 5.74) is 1.78. The number of amides is 1. The Hall–Kier alpha value is -4.17. The highest BCUT2D eigenvalue weighted by Gasteiger charge is 2.35. The first-order valence-electron chi connectivity index (χ1n) is 12.6. The van der Waals surface area contributed by atoms with E-state index in [1.54, 1.807) is 24.3 Å². The maximum absolute atomic E-state index is 13.8. The van der Waals surface area contributed by atoms with E-state index >= 15 is 0 Å². The number of hydrogen-bond donors (Lipinski definition) is 2. The SMILES string of the molecule is COC(=O)[C@@H](Cc1cc2ccccc2[nH]1)NC(=O)c1cc2c(n(-c3ccc(Cl)cc3)c1=O)CC(C)(C)CC2=O. The summed E-state index contributed by atoms with van der Waals surface area (Å²) in [5, 5.41) is 4.12. The average Bonchev–Trinajstić information content (AvgIpc) is 3.30. The summed E-state index contributed by atoms with van der Waals surface area (Å²) in [6, 6.07) is 16.5. The maximum atomic E-state index is 13.8. The summed E-state index contributed by atoms with van der Waals surface area (Å²) in [6.07, 6.45) is 0.876. The molecule has 2 heterocycles. The average molecular weight is 546 g/mol. The van der Waals surface area contributed by atoms with E-state index in [2.05, 4.69) is 10.3 Å². The van der Waals surface area contributed by atoms with Gasteiger partial charge < -0.3 is 15.0 Å². The molecule has 1 atom stereocenters. The van der Waals surface area contributed by atoms with Crippen LogP contribution in [0.15, 0.2) is 65.5 Å². The third kappa shape index (κ3) is 5.25. The Morgan fingerprint density at radius 3 is 2.49 bits per heavy atom. The molecular weight excluding hydrogens is 518 g/mol. The van der Waals surface area contributed by atoms with Gasteiger partial charge in [0.25, 0.3) is 11.5 Å². The van der Waals surface area contributed by atoms with Crippen molar-refractivity contribution in [1.29, 1.82) is 0 Å². The number of H-pyrrole nitrogens is 1. The van der Waals surface area contributed by atoms with Crippen LogP contribution in [0.1, 0.15) is 52.4 Å². The van der Waals surface area contributed by atoms with Crippen LogP contribution in [0.4, 0.5) is 0 Å². The fraction of sp³-hybridized carbons (Fsp3) is 0.267. The fourth-order valence-electron chi connectivity index (χ4n) is 5.18. The Balaban J connectivity index is 1.55. The van der Waals surface area contributed by atoms with Crippen molar-refractivity contribution in [2.75, 3.05) is 7.11 Å². The fourth-order valence-corrected chi connectivity index (χ4v) is 5.30. The van der Waals surface area contributed by atoms with Gasteiger partial charge in [0.05, 0.1) is 7.11 Å². The third-order valence-corrected chi connectivity index (χ3v) is 7.27. The van der Waals surface area contributed by atoms with Crippen LogP contribution in [0.2, 0.25) is 5.02 Å². The van der Waals surface area contributed by atoms with E-state index in [-0.39, 0.29) is 29.6 Å². The summed E-state index contributed by atoms with van der Waals surface area (Å²) in [4.78, 5) is 56.4. The summed E-state index contributed by atoms with van der Waals surface area (Å²) < 4.78 is 6.35. The minimum Gasteiger partial charge on any atom is -0.467 e. The number of aromatic amines is 1. The molecule has 2 aromatic carbocycles. The van der Waals surface area contributed by atoms with Crippen LogP contribution in [-0.4, -0.2) is 40.4 Å². The van der Waals surface area contributed by atoms with Crippen LogP contribution in [-0.2, 0) is 22.4 Å². The Morgan fingerprint density at radius 2 is 1.79 bits per heavy atom. The lowest BCUT2D eigenvalue weighted by atomic mass is 9.75. The Kier molecular flexibility index (Phi) is 6.91. The number of para-hydroxylation sites is 1. The number of halogens is 1. The Morgan fingerprint density at radius 1 is 1.08 bits per heavy atom. The first-order valence-corrected chi connectivity index (χ1v) is 13.0. The molecule has 4 aromatic rings. The van der Waals surface area contributed by atoms with Crippen LogP contribution >= 0.6 is 11.6 Å². The summed E-state index contributed by atoms with van der Waals surface area (Å²) in [6.45, 7) is 3.94. The summed E-state index contributed by atoms with van der Waals surface area (Å²) in [7, 11) is 1.24. The number of nitrogens with one attached hydrogen (secondary N) is 2. The zero-order valence-electron chi connectivity index (χ0n) is 21.8. The van der Waals surface area contributed by atoms with Gasteiger partial charge >= 0.3 is 5.97 Å².